The van der Waals surface area contributed by atoms with Gasteiger partial charge in [0.1, 0.15) is 12.4 Å². The molecule has 0 heterocycles. The first-order valence-corrected chi connectivity index (χ1v) is 13.8. The Morgan fingerprint density at radius 1 is 1.09 bits per heavy atom. The molecule has 5 rings (SSSR count). The quantitative estimate of drug-likeness (QED) is 0.404. The number of hydrogen-bond acceptors (Lipinski definition) is 5. The maximum Gasteiger partial charge on any atom is 0.159 e. The number of Topliss-reactive ketones (excluding diaryl/α,β-unsaturated/α-hetero) is 1. The summed E-state index contributed by atoms with van der Waals surface area (Å²) < 4.78 is 13.4. The molecular weight excluding hydrogens is 441 g/mol. The number of ketones is 1. The summed E-state index contributed by atoms with van der Waals surface area (Å²) >= 11 is 0. The van der Waals surface area contributed by atoms with Crippen LogP contribution in [0.15, 0.2) is 29.2 Å². The summed E-state index contributed by atoms with van der Waals surface area (Å²) in [6.45, 7) is 8.88. The molecule has 194 valence electrons. The number of allylic oxidation sites excluding steroid dienone is 4. The molecule has 4 fully saturated rings. The highest BCUT2D eigenvalue weighted by Gasteiger charge is 2.61. The summed E-state index contributed by atoms with van der Waals surface area (Å²) in [6.07, 6.45) is 14.4. The van der Waals surface area contributed by atoms with E-state index in [-0.39, 0.29) is 35.4 Å². The van der Waals surface area contributed by atoms with Gasteiger partial charge in [0.15, 0.2) is 5.78 Å². The number of rotatable bonds is 4. The van der Waals surface area contributed by atoms with Crippen LogP contribution in [0.1, 0.15) is 85.5 Å². The Balaban J connectivity index is 1.27. The lowest BCUT2D eigenvalue weighted by molar-refractivity contribution is -0.151. The molecule has 5 aliphatic rings. The summed E-state index contributed by atoms with van der Waals surface area (Å²) in [5.74, 6) is 8.60. The Bertz CT molecular complexity index is 958. The van der Waals surface area contributed by atoms with Crippen molar-refractivity contribution in [2.75, 3.05) is 6.54 Å². The van der Waals surface area contributed by atoms with Gasteiger partial charge in [-0.1, -0.05) is 20.8 Å². The van der Waals surface area contributed by atoms with Gasteiger partial charge in [0, 0.05) is 11.8 Å². The van der Waals surface area contributed by atoms with Crippen molar-refractivity contribution in [3.63, 3.8) is 0 Å². The van der Waals surface area contributed by atoms with Gasteiger partial charge in [0.2, 0.25) is 0 Å². The number of carbonyl (C=O) groups excluding carboxylic acids is 1. The Morgan fingerprint density at radius 2 is 1.83 bits per heavy atom. The second-order valence-corrected chi connectivity index (χ2v) is 13.3. The standard InChI is InChI=1S/C29H44FN3O2/c1-18-15-20(30)6-10-25(18)32-33(31)17-26(34)24-9-8-22-21-7-5-19-16-27(2,35)13-14-28(19,3)23(21)11-12-29(22,24)4/h6,10,15,18-19,21-24,35H,5,7-9,11-14,16-17,31H2,1-4H3/b32-25-/t18?,19-,21?,22-,23-,24+,27+,28-,29-/m0/s1. The van der Waals surface area contributed by atoms with Crippen LogP contribution in [0.4, 0.5) is 4.39 Å². The van der Waals surface area contributed by atoms with E-state index in [1.165, 1.54) is 36.5 Å². The molecule has 0 aromatic heterocycles. The van der Waals surface area contributed by atoms with E-state index >= 15 is 0 Å². The monoisotopic (exact) mass is 485 g/mol. The van der Waals surface area contributed by atoms with Crippen LogP contribution in [0.25, 0.3) is 0 Å². The highest BCUT2D eigenvalue weighted by Crippen LogP contribution is 2.68. The van der Waals surface area contributed by atoms with Crippen LogP contribution in [0.3, 0.4) is 0 Å². The Labute approximate surface area is 210 Å². The lowest BCUT2D eigenvalue weighted by Crippen LogP contribution is -2.56. The third-order valence-electron chi connectivity index (χ3n) is 11.2. The zero-order valence-corrected chi connectivity index (χ0v) is 22.0. The van der Waals surface area contributed by atoms with Crippen molar-refractivity contribution in [2.24, 2.45) is 57.3 Å². The lowest BCUT2D eigenvalue weighted by atomic mass is 9.44. The SMILES string of the molecule is CC1C=C(F)C=C/C1=N/N(N)CC(=O)[C@H]1CC[C@H]2C3CC[C@H]4C[C@](C)(O)CC[C@]4(C)[C@H]3CC[C@]12C. The fraction of sp³-hybridized carbons (Fsp3) is 0.793. The third-order valence-corrected chi connectivity index (χ3v) is 11.2. The number of halogens is 1. The van der Waals surface area contributed by atoms with Gasteiger partial charge in [-0.2, -0.15) is 5.10 Å². The number of nitrogens with two attached hydrogens (primary N) is 1. The van der Waals surface area contributed by atoms with Gasteiger partial charge in [0.25, 0.3) is 0 Å². The molecule has 0 spiro atoms. The molecular formula is C29H44FN3O2. The predicted octanol–water partition coefficient (Wildman–Crippen LogP) is 5.56. The van der Waals surface area contributed by atoms with Gasteiger partial charge in [-0.25, -0.2) is 15.4 Å². The van der Waals surface area contributed by atoms with Crippen molar-refractivity contribution >= 4 is 11.5 Å². The van der Waals surface area contributed by atoms with Gasteiger partial charge in [-0.3, -0.25) is 4.79 Å². The van der Waals surface area contributed by atoms with Crippen molar-refractivity contribution in [1.82, 2.24) is 5.12 Å². The zero-order valence-electron chi connectivity index (χ0n) is 22.0. The lowest BCUT2D eigenvalue weighted by Gasteiger charge is -2.61. The van der Waals surface area contributed by atoms with Crippen molar-refractivity contribution in [3.05, 3.63) is 24.1 Å². The number of carbonyl (C=O) groups is 1. The molecule has 5 aliphatic carbocycles. The van der Waals surface area contributed by atoms with Gasteiger partial charge >= 0.3 is 0 Å². The van der Waals surface area contributed by atoms with Crippen molar-refractivity contribution in [1.29, 1.82) is 0 Å². The minimum absolute atomic E-state index is 0.0361. The molecule has 5 nitrogen and oxygen atoms in total. The minimum atomic E-state index is -0.502. The molecule has 35 heavy (non-hydrogen) atoms. The number of hydrogen-bond donors (Lipinski definition) is 2. The number of hydrazine groups is 1. The largest absolute Gasteiger partial charge is 0.390 e. The minimum Gasteiger partial charge on any atom is -0.390 e. The Hall–Kier alpha value is -1.53. The highest BCUT2D eigenvalue weighted by atomic mass is 19.1. The van der Waals surface area contributed by atoms with E-state index in [2.05, 4.69) is 18.9 Å². The van der Waals surface area contributed by atoms with E-state index in [4.69, 9.17) is 5.84 Å². The normalized spacial score (nSPS) is 48.1. The molecule has 0 bridgehead atoms. The van der Waals surface area contributed by atoms with E-state index in [1.54, 1.807) is 6.08 Å². The maximum absolute atomic E-state index is 13.5. The molecule has 4 saturated carbocycles. The molecule has 3 N–H and O–H groups in total. The average molecular weight is 486 g/mol. The molecule has 0 aliphatic heterocycles. The number of aliphatic hydroxyl groups is 1. The van der Waals surface area contributed by atoms with E-state index in [1.807, 2.05) is 13.8 Å². The highest BCUT2D eigenvalue weighted by molar-refractivity contribution is 5.99. The Kier molecular flexibility index (Phi) is 6.32. The fourth-order valence-electron chi connectivity index (χ4n) is 9.23. The first kappa shape index (κ1) is 25.1. The first-order valence-electron chi connectivity index (χ1n) is 13.8. The zero-order chi connectivity index (χ0) is 25.2. The molecule has 0 radical (unpaired) electrons. The first-order chi connectivity index (χ1) is 16.4. The number of hydrazone groups is 1. The summed E-state index contributed by atoms with van der Waals surface area (Å²) in [5.41, 5.74) is 0.545. The van der Waals surface area contributed by atoms with Crippen LogP contribution in [0.5, 0.6) is 0 Å². The topological polar surface area (TPSA) is 78.9 Å². The molecule has 9 atom stereocenters. The van der Waals surface area contributed by atoms with Gasteiger partial charge in [-0.05, 0) is 117 Å². The van der Waals surface area contributed by atoms with Crippen LogP contribution in [0.2, 0.25) is 0 Å². The molecule has 0 aromatic carbocycles. The molecule has 0 aromatic rings. The van der Waals surface area contributed by atoms with Crippen molar-refractivity contribution in [3.8, 4) is 0 Å². The maximum atomic E-state index is 13.5. The van der Waals surface area contributed by atoms with Gasteiger partial charge in [-0.15, -0.1) is 0 Å². The summed E-state index contributed by atoms with van der Waals surface area (Å²) in [7, 11) is 0. The third kappa shape index (κ3) is 4.33. The summed E-state index contributed by atoms with van der Waals surface area (Å²) in [6, 6.07) is 0. The molecule has 0 amide bonds. The van der Waals surface area contributed by atoms with Crippen LogP contribution in [0, 0.1) is 46.3 Å². The fourth-order valence-corrected chi connectivity index (χ4v) is 9.23. The van der Waals surface area contributed by atoms with E-state index < -0.39 is 5.60 Å². The Morgan fingerprint density at radius 3 is 2.57 bits per heavy atom. The van der Waals surface area contributed by atoms with E-state index in [0.29, 0.717) is 28.9 Å². The van der Waals surface area contributed by atoms with E-state index in [9.17, 15) is 14.3 Å². The number of nitrogens with zero attached hydrogens (tertiary/aromatic N) is 2. The van der Waals surface area contributed by atoms with Crippen molar-refractivity contribution < 1.29 is 14.3 Å². The second-order valence-electron chi connectivity index (χ2n) is 13.3. The van der Waals surface area contributed by atoms with E-state index in [0.717, 1.165) is 44.4 Å². The van der Waals surface area contributed by atoms with Gasteiger partial charge < -0.3 is 5.11 Å². The average Bonchev–Trinajstić information content (AvgIpc) is 3.13. The van der Waals surface area contributed by atoms with Crippen LogP contribution >= 0.6 is 0 Å². The predicted molar refractivity (Wildman–Crippen MR) is 137 cm³/mol. The van der Waals surface area contributed by atoms with Crippen LogP contribution in [-0.4, -0.2) is 33.9 Å². The summed E-state index contributed by atoms with van der Waals surface area (Å²) in [5, 5.41) is 16.4. The number of fused-ring (bicyclic) bond motifs is 5. The van der Waals surface area contributed by atoms with Crippen LogP contribution in [-0.2, 0) is 4.79 Å². The van der Waals surface area contributed by atoms with Gasteiger partial charge in [0.05, 0.1) is 11.3 Å². The smallest absolute Gasteiger partial charge is 0.159 e. The second kappa shape index (κ2) is 8.79. The molecule has 2 unspecified atom stereocenters. The molecule has 0 saturated heterocycles. The van der Waals surface area contributed by atoms with Crippen LogP contribution < -0.4 is 5.84 Å². The molecule has 6 heteroatoms. The van der Waals surface area contributed by atoms with Crippen molar-refractivity contribution in [2.45, 2.75) is 91.1 Å². The summed E-state index contributed by atoms with van der Waals surface area (Å²) in [4.78, 5) is 13.5.